The van der Waals surface area contributed by atoms with Crippen LogP contribution in [0.1, 0.15) is 51.8 Å². The van der Waals surface area contributed by atoms with Crippen molar-refractivity contribution in [3.63, 3.8) is 0 Å². The molecule has 2 heterocycles. The van der Waals surface area contributed by atoms with Crippen molar-refractivity contribution in [2.24, 2.45) is 0 Å². The van der Waals surface area contributed by atoms with E-state index in [1.165, 1.54) is 20.9 Å². The van der Waals surface area contributed by atoms with Crippen LogP contribution in [-0.4, -0.2) is 6.54 Å². The van der Waals surface area contributed by atoms with Crippen LogP contribution < -0.4 is 5.32 Å². The minimum atomic E-state index is 0.252. The summed E-state index contributed by atoms with van der Waals surface area (Å²) in [4.78, 5) is 2.76. The number of nitrogens with one attached hydrogen (secondary N) is 1. The largest absolute Gasteiger partial charge is 0.466 e. The van der Waals surface area contributed by atoms with Gasteiger partial charge in [-0.1, -0.05) is 6.92 Å². The summed E-state index contributed by atoms with van der Waals surface area (Å²) in [6, 6.07) is 4.71. The van der Waals surface area contributed by atoms with Crippen molar-refractivity contribution in [2.75, 3.05) is 6.54 Å². The van der Waals surface area contributed by atoms with E-state index >= 15 is 0 Å². The maximum atomic E-state index is 5.71. The summed E-state index contributed by atoms with van der Waals surface area (Å²) in [5, 5.41) is 3.66. The van der Waals surface area contributed by atoms with Crippen molar-refractivity contribution in [3.05, 3.63) is 44.5 Å². The van der Waals surface area contributed by atoms with Crippen LogP contribution in [0.15, 0.2) is 16.5 Å². The standard InChI is InChI=1S/C16H23NOS/c1-6-7-17-16(14-8-10(2)18-12(14)4)15-9-11(3)19-13(15)5/h8-9,16-17H,6-7H2,1-5H3. The molecule has 0 spiro atoms. The molecule has 2 aromatic rings. The lowest BCUT2D eigenvalue weighted by Crippen LogP contribution is -2.23. The zero-order valence-corrected chi connectivity index (χ0v) is 13.3. The zero-order chi connectivity index (χ0) is 14.0. The van der Waals surface area contributed by atoms with Gasteiger partial charge in [0.2, 0.25) is 0 Å². The zero-order valence-electron chi connectivity index (χ0n) is 12.5. The van der Waals surface area contributed by atoms with Crippen molar-refractivity contribution >= 4 is 11.3 Å². The summed E-state index contributed by atoms with van der Waals surface area (Å²) in [6.07, 6.45) is 1.13. The van der Waals surface area contributed by atoms with Gasteiger partial charge in [0, 0.05) is 15.3 Å². The fraction of sp³-hybridized carbons (Fsp3) is 0.500. The molecular weight excluding hydrogens is 254 g/mol. The fourth-order valence-corrected chi connectivity index (χ4v) is 3.51. The minimum absolute atomic E-state index is 0.252. The van der Waals surface area contributed by atoms with Gasteiger partial charge in [-0.15, -0.1) is 11.3 Å². The molecule has 0 aliphatic carbocycles. The summed E-state index contributed by atoms with van der Waals surface area (Å²) in [6.45, 7) is 11.7. The highest BCUT2D eigenvalue weighted by atomic mass is 32.1. The van der Waals surface area contributed by atoms with Gasteiger partial charge in [-0.2, -0.15) is 0 Å². The molecular formula is C16H23NOS. The SMILES string of the molecule is CCCNC(c1cc(C)oc1C)c1cc(C)sc1C. The van der Waals surface area contributed by atoms with Gasteiger partial charge in [0.1, 0.15) is 11.5 Å². The van der Waals surface area contributed by atoms with E-state index in [-0.39, 0.29) is 6.04 Å². The van der Waals surface area contributed by atoms with Crippen molar-refractivity contribution in [1.29, 1.82) is 0 Å². The van der Waals surface area contributed by atoms with Crippen LogP contribution in [-0.2, 0) is 0 Å². The molecule has 2 rings (SSSR count). The molecule has 19 heavy (non-hydrogen) atoms. The molecule has 0 aliphatic heterocycles. The monoisotopic (exact) mass is 277 g/mol. The van der Waals surface area contributed by atoms with E-state index in [9.17, 15) is 0 Å². The number of aryl methyl sites for hydroxylation is 4. The van der Waals surface area contributed by atoms with Gasteiger partial charge in [0.15, 0.2) is 0 Å². The highest BCUT2D eigenvalue weighted by Gasteiger charge is 2.21. The van der Waals surface area contributed by atoms with E-state index in [2.05, 4.69) is 45.1 Å². The Morgan fingerprint density at radius 3 is 2.37 bits per heavy atom. The van der Waals surface area contributed by atoms with Crippen LogP contribution in [0.25, 0.3) is 0 Å². The Balaban J connectivity index is 2.41. The second kappa shape index (κ2) is 5.93. The first-order chi connectivity index (χ1) is 9.02. The van der Waals surface area contributed by atoms with Crippen molar-refractivity contribution in [2.45, 2.75) is 47.1 Å². The topological polar surface area (TPSA) is 25.2 Å². The predicted molar refractivity (Wildman–Crippen MR) is 82.1 cm³/mol. The van der Waals surface area contributed by atoms with Crippen molar-refractivity contribution in [1.82, 2.24) is 5.32 Å². The Bertz CT molecular complexity index is 507. The van der Waals surface area contributed by atoms with Gasteiger partial charge < -0.3 is 9.73 Å². The van der Waals surface area contributed by atoms with Crippen LogP contribution >= 0.6 is 11.3 Å². The molecule has 0 amide bonds. The van der Waals surface area contributed by atoms with Gasteiger partial charge in [-0.3, -0.25) is 0 Å². The molecule has 0 fully saturated rings. The van der Waals surface area contributed by atoms with E-state index in [1.54, 1.807) is 0 Å². The van der Waals surface area contributed by atoms with Gasteiger partial charge in [-0.25, -0.2) is 0 Å². The summed E-state index contributed by atoms with van der Waals surface area (Å²) in [5.74, 6) is 2.01. The molecule has 1 N–H and O–H groups in total. The van der Waals surface area contributed by atoms with Gasteiger partial charge in [0.25, 0.3) is 0 Å². The molecule has 0 saturated carbocycles. The molecule has 1 atom stereocenters. The van der Waals surface area contributed by atoms with E-state index in [0.29, 0.717) is 0 Å². The van der Waals surface area contributed by atoms with Crippen LogP contribution in [0.5, 0.6) is 0 Å². The number of thiophene rings is 1. The second-order valence-corrected chi connectivity index (χ2v) is 6.58. The molecule has 2 nitrogen and oxygen atoms in total. The first-order valence-electron chi connectivity index (χ1n) is 6.90. The molecule has 1 unspecified atom stereocenters. The summed E-state index contributed by atoms with van der Waals surface area (Å²) in [7, 11) is 0. The average molecular weight is 277 g/mol. The molecule has 3 heteroatoms. The Morgan fingerprint density at radius 1 is 1.16 bits per heavy atom. The van der Waals surface area contributed by atoms with Crippen molar-refractivity contribution in [3.8, 4) is 0 Å². The molecule has 0 saturated heterocycles. The predicted octanol–water partition coefficient (Wildman–Crippen LogP) is 4.66. The first kappa shape index (κ1) is 14.4. The maximum absolute atomic E-state index is 5.71. The van der Waals surface area contributed by atoms with E-state index in [0.717, 1.165) is 24.5 Å². The normalized spacial score (nSPS) is 12.9. The minimum Gasteiger partial charge on any atom is -0.466 e. The summed E-state index contributed by atoms with van der Waals surface area (Å²) in [5.41, 5.74) is 2.66. The Kier molecular flexibility index (Phi) is 4.48. The number of hydrogen-bond acceptors (Lipinski definition) is 3. The van der Waals surface area contributed by atoms with Gasteiger partial charge >= 0.3 is 0 Å². The third kappa shape index (κ3) is 3.10. The quantitative estimate of drug-likeness (QED) is 0.859. The summed E-state index contributed by atoms with van der Waals surface area (Å²) >= 11 is 1.87. The summed E-state index contributed by atoms with van der Waals surface area (Å²) < 4.78 is 5.71. The third-order valence-electron chi connectivity index (χ3n) is 3.38. The second-order valence-electron chi connectivity index (χ2n) is 5.12. The first-order valence-corrected chi connectivity index (χ1v) is 7.71. The average Bonchev–Trinajstić information content (AvgIpc) is 2.83. The smallest absolute Gasteiger partial charge is 0.106 e. The highest BCUT2D eigenvalue weighted by Crippen LogP contribution is 2.33. The lowest BCUT2D eigenvalue weighted by Gasteiger charge is -2.18. The highest BCUT2D eigenvalue weighted by molar-refractivity contribution is 7.12. The van der Waals surface area contributed by atoms with E-state index in [1.807, 2.05) is 18.3 Å². The van der Waals surface area contributed by atoms with E-state index < -0.39 is 0 Å². The molecule has 0 aliphatic rings. The number of furan rings is 1. The Labute approximate surface area is 119 Å². The fourth-order valence-electron chi connectivity index (χ4n) is 2.55. The van der Waals surface area contributed by atoms with Gasteiger partial charge in [0.05, 0.1) is 6.04 Å². The van der Waals surface area contributed by atoms with Crippen molar-refractivity contribution < 1.29 is 4.42 Å². The van der Waals surface area contributed by atoms with Crippen LogP contribution in [0.2, 0.25) is 0 Å². The van der Waals surface area contributed by atoms with Crippen LogP contribution in [0.3, 0.4) is 0 Å². The Morgan fingerprint density at radius 2 is 1.89 bits per heavy atom. The third-order valence-corrected chi connectivity index (χ3v) is 4.36. The molecule has 2 aromatic heterocycles. The lowest BCUT2D eigenvalue weighted by atomic mass is 9.99. The van der Waals surface area contributed by atoms with Crippen LogP contribution in [0, 0.1) is 27.7 Å². The number of hydrogen-bond donors (Lipinski definition) is 1. The van der Waals surface area contributed by atoms with E-state index in [4.69, 9.17) is 4.42 Å². The molecule has 0 radical (unpaired) electrons. The molecule has 104 valence electrons. The molecule has 0 aromatic carbocycles. The van der Waals surface area contributed by atoms with Crippen LogP contribution in [0.4, 0.5) is 0 Å². The number of rotatable bonds is 5. The lowest BCUT2D eigenvalue weighted by molar-refractivity contribution is 0.493. The van der Waals surface area contributed by atoms with Gasteiger partial charge in [-0.05, 0) is 58.4 Å². The maximum Gasteiger partial charge on any atom is 0.106 e. The molecule has 0 bridgehead atoms. The Hall–Kier alpha value is -1.06.